The molecule has 4 atom stereocenters. The van der Waals surface area contributed by atoms with Crippen molar-refractivity contribution in [3.63, 3.8) is 0 Å². The Morgan fingerprint density at radius 1 is 1.71 bits per heavy atom. The van der Waals surface area contributed by atoms with E-state index in [0.717, 1.165) is 16.8 Å². The molecule has 0 bridgehead atoms. The normalized spacial score (nSPS) is 36.6. The predicted octanol–water partition coefficient (Wildman–Crippen LogP) is -1.38. The third-order valence-corrected chi connectivity index (χ3v) is 3.54. The van der Waals surface area contributed by atoms with Crippen LogP contribution >= 0.6 is 11.6 Å². The molecule has 1 aliphatic heterocycles. The molecule has 0 unspecified atom stereocenters. The van der Waals surface area contributed by atoms with Gasteiger partial charge in [0.2, 0.25) is 5.62 Å². The number of hydrogen-bond donors (Lipinski definition) is 4. The molecule has 1 aliphatic rings. The Balaban J connectivity index is 2.61. The molecule has 1 saturated heterocycles. The van der Waals surface area contributed by atoms with Gasteiger partial charge in [-0.05, 0) is 0 Å². The van der Waals surface area contributed by atoms with Crippen molar-refractivity contribution >= 4 is 11.6 Å². The molecule has 1 aromatic heterocycles. The lowest BCUT2D eigenvalue weighted by Crippen LogP contribution is -2.47. The Kier molecular flexibility index (Phi) is 3.81. The minimum atomic E-state index is -2.93. The number of aliphatic hydroxyl groups is 2. The van der Waals surface area contributed by atoms with Gasteiger partial charge in [0.15, 0.2) is 11.8 Å². The summed E-state index contributed by atoms with van der Waals surface area (Å²) in [6.45, 7) is -0.894. The van der Waals surface area contributed by atoms with Crippen LogP contribution in [-0.4, -0.2) is 48.4 Å². The number of alkyl halides is 2. The fourth-order valence-corrected chi connectivity index (χ4v) is 2.34. The molecule has 2 rings (SSSR count). The van der Waals surface area contributed by atoms with Crippen molar-refractivity contribution < 1.29 is 24.5 Å². The van der Waals surface area contributed by atoms with Gasteiger partial charge in [-0.3, -0.25) is 14.3 Å². The molecule has 0 aliphatic carbocycles. The Bertz CT molecular complexity index is 709. The molecular formula is C11H11ClFN3O5. The van der Waals surface area contributed by atoms with Gasteiger partial charge in [0, 0.05) is 12.3 Å². The van der Waals surface area contributed by atoms with Crippen LogP contribution < -0.4 is 11.2 Å². The Morgan fingerprint density at radius 2 is 2.38 bits per heavy atom. The molecule has 10 heteroatoms. The molecule has 2 heterocycles. The zero-order valence-electron chi connectivity index (χ0n) is 10.4. The van der Waals surface area contributed by atoms with Crippen molar-refractivity contribution in [2.75, 3.05) is 6.61 Å². The highest BCUT2D eigenvalue weighted by molar-refractivity contribution is 6.23. The highest BCUT2D eigenvalue weighted by Crippen LogP contribution is 2.48. The molecule has 0 radical (unpaired) electrons. The van der Waals surface area contributed by atoms with Crippen LogP contribution in [0.25, 0.3) is 0 Å². The van der Waals surface area contributed by atoms with Gasteiger partial charge in [-0.15, -0.1) is 6.42 Å². The summed E-state index contributed by atoms with van der Waals surface area (Å²) in [6.07, 6.45) is 2.39. The molecule has 1 aromatic rings. The molecular weight excluding hydrogens is 309 g/mol. The van der Waals surface area contributed by atoms with Crippen LogP contribution in [0.2, 0.25) is 0 Å². The summed E-state index contributed by atoms with van der Waals surface area (Å²) in [7, 11) is 0. The zero-order chi connectivity index (χ0) is 15.8. The number of ether oxygens (including phenoxy) is 1. The molecule has 114 valence electrons. The van der Waals surface area contributed by atoms with Gasteiger partial charge in [0.05, 0.1) is 6.61 Å². The maximum Gasteiger partial charge on any atom is 0.257 e. The third kappa shape index (κ3) is 2.22. The molecule has 0 aromatic carbocycles. The predicted molar refractivity (Wildman–Crippen MR) is 66.9 cm³/mol. The summed E-state index contributed by atoms with van der Waals surface area (Å²) in [5, 5.41) is 27.8. The quantitative estimate of drug-likeness (QED) is 0.232. The zero-order valence-corrected chi connectivity index (χ0v) is 11.2. The topological polar surface area (TPSA) is 120 Å². The van der Waals surface area contributed by atoms with Gasteiger partial charge < -0.3 is 20.2 Å². The number of halogens is 2. The van der Waals surface area contributed by atoms with Gasteiger partial charge in [0.1, 0.15) is 6.10 Å². The van der Waals surface area contributed by atoms with Crippen molar-refractivity contribution in [1.29, 1.82) is 0 Å². The summed E-state index contributed by atoms with van der Waals surface area (Å²) >= 11 is 5.64. The molecule has 0 spiro atoms. The third-order valence-electron chi connectivity index (χ3n) is 3.15. The summed E-state index contributed by atoms with van der Waals surface area (Å²) < 4.78 is 20.6. The van der Waals surface area contributed by atoms with Gasteiger partial charge in [-0.1, -0.05) is 22.7 Å². The van der Waals surface area contributed by atoms with E-state index in [0.29, 0.717) is 0 Å². The maximum absolute atomic E-state index is 14.6. The number of aliphatic hydroxyl groups excluding tert-OH is 2. The van der Waals surface area contributed by atoms with E-state index in [1.165, 1.54) is 0 Å². The maximum atomic E-state index is 14.6. The first-order valence-electron chi connectivity index (χ1n) is 5.64. The van der Waals surface area contributed by atoms with E-state index in [9.17, 15) is 19.4 Å². The summed E-state index contributed by atoms with van der Waals surface area (Å²) in [6, 6.07) is 0.992. The Hall–Kier alpha value is -1.86. The molecule has 21 heavy (non-hydrogen) atoms. The van der Waals surface area contributed by atoms with E-state index in [1.807, 2.05) is 5.92 Å². The van der Waals surface area contributed by atoms with Crippen LogP contribution in [-0.2, 0) is 4.74 Å². The average Bonchev–Trinajstić information content (AvgIpc) is 2.68. The number of H-pyrrole nitrogens is 1. The van der Waals surface area contributed by atoms with Crippen LogP contribution in [0.5, 0.6) is 0 Å². The van der Waals surface area contributed by atoms with E-state index < -0.39 is 40.8 Å². The van der Waals surface area contributed by atoms with E-state index in [1.54, 1.807) is 0 Å². The van der Waals surface area contributed by atoms with Crippen LogP contribution in [0, 0.1) is 12.3 Å². The number of aromatic amines is 1. The largest absolute Gasteiger partial charge is 0.408 e. The lowest BCUT2D eigenvalue weighted by atomic mass is 9.97. The van der Waals surface area contributed by atoms with Crippen LogP contribution in [0.3, 0.4) is 0 Å². The molecule has 0 amide bonds. The second-order valence-electron chi connectivity index (χ2n) is 4.38. The second kappa shape index (κ2) is 5.16. The number of nitrogens with one attached hydrogen (secondary N) is 1. The fraction of sp³-hybridized carbons (Fsp3) is 0.455. The highest BCUT2D eigenvalue weighted by Gasteiger charge is 2.64. The van der Waals surface area contributed by atoms with Crippen molar-refractivity contribution in [3.8, 4) is 12.3 Å². The second-order valence-corrected chi connectivity index (χ2v) is 4.95. The number of hydrogen-bond acceptors (Lipinski definition) is 6. The van der Waals surface area contributed by atoms with Crippen molar-refractivity contribution in [1.82, 2.24) is 9.55 Å². The monoisotopic (exact) mass is 319 g/mol. The lowest BCUT2D eigenvalue weighted by molar-refractivity contribution is -0.0936. The summed E-state index contributed by atoms with van der Waals surface area (Å²) in [5.41, 5.74) is -3.17. The highest BCUT2D eigenvalue weighted by atomic mass is 35.5. The first-order valence-corrected chi connectivity index (χ1v) is 6.02. The van der Waals surface area contributed by atoms with E-state index in [-0.39, 0.29) is 0 Å². The van der Waals surface area contributed by atoms with E-state index >= 15 is 0 Å². The van der Waals surface area contributed by atoms with Gasteiger partial charge in [-0.25, -0.2) is 4.39 Å². The van der Waals surface area contributed by atoms with Crippen molar-refractivity contribution in [3.05, 3.63) is 28.2 Å². The van der Waals surface area contributed by atoms with Gasteiger partial charge in [0.25, 0.3) is 10.7 Å². The smallest absolute Gasteiger partial charge is 0.257 e. The van der Waals surface area contributed by atoms with Crippen molar-refractivity contribution in [2.45, 2.75) is 23.1 Å². The number of terminal acetylenes is 1. The minimum absolute atomic E-state index is 0.479. The standard InChI is InChI=1S/C11H11ClFN3O5/c1-2-10(5-17)7(19)11(12,13)8(21-10)16-4-3-6(18)14-9(16)15-20/h1,3-4,7-8,17,19-20H,5H2,(H,14,15,18)/t7-,8-,10-,11-/m1/s1. The number of nitrogens with zero attached hydrogens (tertiary/aromatic N) is 2. The van der Waals surface area contributed by atoms with Crippen molar-refractivity contribution in [2.24, 2.45) is 5.16 Å². The van der Waals surface area contributed by atoms with Gasteiger partial charge in [-0.2, -0.15) is 0 Å². The van der Waals surface area contributed by atoms with E-state index in [2.05, 4.69) is 10.1 Å². The van der Waals surface area contributed by atoms with Crippen LogP contribution in [0.15, 0.2) is 22.2 Å². The van der Waals surface area contributed by atoms with Crippen LogP contribution in [0.4, 0.5) is 4.39 Å². The van der Waals surface area contributed by atoms with Crippen LogP contribution in [0.1, 0.15) is 6.23 Å². The molecule has 8 nitrogen and oxygen atoms in total. The van der Waals surface area contributed by atoms with E-state index in [4.69, 9.17) is 28.0 Å². The minimum Gasteiger partial charge on any atom is -0.408 e. The first kappa shape index (κ1) is 15.5. The first-order chi connectivity index (χ1) is 9.82. The molecule has 1 fully saturated rings. The summed E-state index contributed by atoms with van der Waals surface area (Å²) in [5.74, 6) is 1.96. The number of aromatic nitrogens is 2. The summed E-state index contributed by atoms with van der Waals surface area (Å²) in [4.78, 5) is 13.3. The fourth-order valence-electron chi connectivity index (χ4n) is 2.01. The average molecular weight is 320 g/mol. The Labute approximate surface area is 122 Å². The SMILES string of the molecule is C#C[C@]1(CO)O[C@@H](n2ccc(=O)[nH]/c2=N\O)[C@@](F)(Cl)[C@@H]1O. The molecule has 0 saturated carbocycles. The Morgan fingerprint density at radius 3 is 2.86 bits per heavy atom. The number of rotatable bonds is 2. The molecule has 4 N–H and O–H groups in total. The van der Waals surface area contributed by atoms with Gasteiger partial charge >= 0.3 is 0 Å². The lowest BCUT2D eigenvalue weighted by Gasteiger charge is -2.24.